The van der Waals surface area contributed by atoms with Gasteiger partial charge in [-0.05, 0) is 6.07 Å². The van der Waals surface area contributed by atoms with Crippen LogP contribution in [0.15, 0.2) is 36.7 Å². The minimum Gasteiger partial charge on any atom is -0.353 e. The van der Waals surface area contributed by atoms with E-state index < -0.39 is 0 Å². The normalized spacial score (nSPS) is 10.3. The number of benzene rings is 1. The van der Waals surface area contributed by atoms with Gasteiger partial charge in [0.05, 0.1) is 0 Å². The number of halogens is 2. The molecule has 1 aromatic heterocycles. The Morgan fingerprint density at radius 1 is 1.24 bits per heavy atom. The van der Waals surface area contributed by atoms with Gasteiger partial charge in [0.15, 0.2) is 11.0 Å². The maximum absolute atomic E-state index is 13.5. The largest absolute Gasteiger partial charge is 0.353 e. The van der Waals surface area contributed by atoms with E-state index in [1.807, 2.05) is 0 Å². The molecule has 0 amide bonds. The average Bonchev–Trinajstić information content (AvgIpc) is 2.32. The highest BCUT2D eigenvalue weighted by atomic mass is 35.5. The predicted molar refractivity (Wildman–Crippen MR) is 65.5 cm³/mol. The van der Waals surface area contributed by atoms with Crippen molar-refractivity contribution in [2.45, 2.75) is 6.54 Å². The first-order valence-corrected chi connectivity index (χ1v) is 5.47. The monoisotopic (exact) mass is 251 g/mol. The van der Waals surface area contributed by atoms with Crippen LogP contribution in [-0.2, 0) is 6.54 Å². The molecule has 0 saturated heterocycles. The average molecular weight is 252 g/mol. The molecule has 3 nitrogen and oxygen atoms in total. The molecule has 0 atom stereocenters. The lowest BCUT2D eigenvalue weighted by Gasteiger charge is -2.18. The van der Waals surface area contributed by atoms with Crippen LogP contribution in [-0.4, -0.2) is 17.0 Å². The molecule has 2 aromatic rings. The van der Waals surface area contributed by atoms with Crippen molar-refractivity contribution < 1.29 is 4.39 Å². The van der Waals surface area contributed by atoms with Crippen LogP contribution in [0.3, 0.4) is 0 Å². The summed E-state index contributed by atoms with van der Waals surface area (Å²) in [6.07, 6.45) is 3.07. The molecule has 1 heterocycles. The first kappa shape index (κ1) is 11.8. The lowest BCUT2D eigenvalue weighted by atomic mass is 10.2. The molecule has 0 aliphatic carbocycles. The molecule has 88 valence electrons. The van der Waals surface area contributed by atoms with E-state index in [9.17, 15) is 4.39 Å². The van der Waals surface area contributed by atoms with Crippen LogP contribution in [0, 0.1) is 5.82 Å². The van der Waals surface area contributed by atoms with Gasteiger partial charge in [-0.15, -0.1) is 0 Å². The fourth-order valence-electron chi connectivity index (χ4n) is 1.53. The summed E-state index contributed by atoms with van der Waals surface area (Å²) >= 11 is 5.92. The summed E-state index contributed by atoms with van der Waals surface area (Å²) in [5, 5.41) is 0.311. The minimum atomic E-state index is -0.237. The fraction of sp³-hybridized carbons (Fsp3) is 0.167. The molecule has 0 spiro atoms. The molecule has 2 rings (SSSR count). The zero-order chi connectivity index (χ0) is 12.3. The topological polar surface area (TPSA) is 29.0 Å². The lowest BCUT2D eigenvalue weighted by molar-refractivity contribution is 0.607. The first-order chi connectivity index (χ1) is 8.18. The van der Waals surface area contributed by atoms with E-state index in [1.165, 1.54) is 12.3 Å². The third-order valence-electron chi connectivity index (χ3n) is 2.36. The summed E-state index contributed by atoms with van der Waals surface area (Å²) in [5.41, 5.74) is 0.594. The predicted octanol–water partition coefficient (Wildman–Crippen LogP) is 2.91. The summed E-state index contributed by atoms with van der Waals surface area (Å²) in [6.45, 7) is 0.394. The van der Waals surface area contributed by atoms with Crippen LogP contribution in [0.25, 0.3) is 0 Å². The summed E-state index contributed by atoms with van der Waals surface area (Å²) in [5.74, 6) is 0.303. The van der Waals surface area contributed by atoms with Crippen LogP contribution in [0.1, 0.15) is 5.56 Å². The van der Waals surface area contributed by atoms with Gasteiger partial charge in [0, 0.05) is 31.5 Å². The molecule has 0 aliphatic heterocycles. The van der Waals surface area contributed by atoms with Crippen molar-refractivity contribution in [2.75, 3.05) is 11.9 Å². The van der Waals surface area contributed by atoms with Gasteiger partial charge >= 0.3 is 0 Å². The molecule has 0 unspecified atom stereocenters. The second-order valence-corrected chi connectivity index (χ2v) is 3.98. The molecule has 5 heteroatoms. The van der Waals surface area contributed by atoms with Gasteiger partial charge in [-0.2, -0.15) is 0 Å². The maximum Gasteiger partial charge on any atom is 0.171 e. The number of hydrogen-bond acceptors (Lipinski definition) is 3. The molecule has 0 fully saturated rings. The Labute approximate surface area is 104 Å². The van der Waals surface area contributed by atoms with E-state index in [2.05, 4.69) is 9.97 Å². The van der Waals surface area contributed by atoms with E-state index in [0.29, 0.717) is 23.1 Å². The van der Waals surface area contributed by atoms with Gasteiger partial charge in [0.1, 0.15) is 5.82 Å². The van der Waals surface area contributed by atoms with Crippen LogP contribution in [0.2, 0.25) is 5.15 Å². The second-order valence-electron chi connectivity index (χ2n) is 3.62. The summed E-state index contributed by atoms with van der Waals surface area (Å²) in [4.78, 5) is 9.80. The van der Waals surface area contributed by atoms with Crippen molar-refractivity contribution in [2.24, 2.45) is 0 Å². The standard InChI is InChI=1S/C12H11ClFN3/c1-17(12-11(13)15-6-7-16-12)8-9-4-2-3-5-10(9)14/h2-7H,8H2,1H3. The van der Waals surface area contributed by atoms with Crippen molar-refractivity contribution in [1.29, 1.82) is 0 Å². The fourth-order valence-corrected chi connectivity index (χ4v) is 1.78. The zero-order valence-electron chi connectivity index (χ0n) is 9.27. The first-order valence-electron chi connectivity index (χ1n) is 5.09. The van der Waals surface area contributed by atoms with Crippen LogP contribution < -0.4 is 4.90 Å². The summed E-state index contributed by atoms with van der Waals surface area (Å²) < 4.78 is 13.5. The second kappa shape index (κ2) is 5.10. The highest BCUT2D eigenvalue weighted by Crippen LogP contribution is 2.20. The van der Waals surface area contributed by atoms with Crippen LogP contribution in [0.4, 0.5) is 10.2 Å². The highest BCUT2D eigenvalue weighted by molar-refractivity contribution is 6.31. The van der Waals surface area contributed by atoms with Gasteiger partial charge in [-0.3, -0.25) is 0 Å². The van der Waals surface area contributed by atoms with Crippen molar-refractivity contribution in [3.8, 4) is 0 Å². The third kappa shape index (κ3) is 2.71. The van der Waals surface area contributed by atoms with Gasteiger partial charge < -0.3 is 4.90 Å². The molecule has 0 radical (unpaired) electrons. The SMILES string of the molecule is CN(Cc1ccccc1F)c1nccnc1Cl. The number of rotatable bonds is 3. The Morgan fingerprint density at radius 2 is 1.94 bits per heavy atom. The maximum atomic E-state index is 13.5. The summed E-state index contributed by atoms with van der Waals surface area (Å²) in [6, 6.07) is 6.62. The lowest BCUT2D eigenvalue weighted by Crippen LogP contribution is -2.19. The number of aromatic nitrogens is 2. The molecular weight excluding hydrogens is 241 g/mol. The highest BCUT2D eigenvalue weighted by Gasteiger charge is 2.10. The van der Waals surface area contributed by atoms with Crippen molar-refractivity contribution in [3.63, 3.8) is 0 Å². The zero-order valence-corrected chi connectivity index (χ0v) is 10.0. The number of nitrogens with zero attached hydrogens (tertiary/aromatic N) is 3. The minimum absolute atomic E-state index is 0.237. The van der Waals surface area contributed by atoms with Crippen LogP contribution in [0.5, 0.6) is 0 Å². The van der Waals surface area contributed by atoms with Crippen molar-refractivity contribution >= 4 is 17.4 Å². The van der Waals surface area contributed by atoms with E-state index in [1.54, 1.807) is 36.3 Å². The Hall–Kier alpha value is -1.68. The molecule has 0 N–H and O–H groups in total. The molecule has 17 heavy (non-hydrogen) atoms. The van der Waals surface area contributed by atoms with E-state index in [4.69, 9.17) is 11.6 Å². The van der Waals surface area contributed by atoms with Gasteiger partial charge in [-0.25, -0.2) is 14.4 Å². The quantitative estimate of drug-likeness (QED) is 0.840. The van der Waals surface area contributed by atoms with E-state index >= 15 is 0 Å². The third-order valence-corrected chi connectivity index (χ3v) is 2.63. The Balaban J connectivity index is 2.20. The van der Waals surface area contributed by atoms with Crippen molar-refractivity contribution in [3.05, 3.63) is 53.2 Å². The molecule has 0 bridgehead atoms. The van der Waals surface area contributed by atoms with Gasteiger partial charge in [0.25, 0.3) is 0 Å². The van der Waals surface area contributed by atoms with E-state index in [-0.39, 0.29) is 5.82 Å². The summed E-state index contributed by atoms with van der Waals surface area (Å²) in [7, 11) is 1.79. The Morgan fingerprint density at radius 3 is 2.65 bits per heavy atom. The molecule has 1 aromatic carbocycles. The number of anilines is 1. The Kier molecular flexibility index (Phi) is 3.54. The molecular formula is C12H11ClFN3. The van der Waals surface area contributed by atoms with Crippen molar-refractivity contribution in [1.82, 2.24) is 9.97 Å². The van der Waals surface area contributed by atoms with Gasteiger partial charge in [-0.1, -0.05) is 29.8 Å². The molecule has 0 saturated carbocycles. The van der Waals surface area contributed by atoms with E-state index in [0.717, 1.165) is 0 Å². The smallest absolute Gasteiger partial charge is 0.171 e. The Bertz CT molecular complexity index is 519. The number of hydrogen-bond donors (Lipinski definition) is 0. The van der Waals surface area contributed by atoms with Crippen LogP contribution >= 0.6 is 11.6 Å². The molecule has 0 aliphatic rings. The van der Waals surface area contributed by atoms with Gasteiger partial charge in [0.2, 0.25) is 0 Å².